The Morgan fingerprint density at radius 3 is 3.00 bits per heavy atom. The first-order chi connectivity index (χ1) is 10.1. The molecule has 0 saturated carbocycles. The van der Waals surface area contributed by atoms with Crippen LogP contribution in [0.5, 0.6) is 11.5 Å². The summed E-state index contributed by atoms with van der Waals surface area (Å²) in [6, 6.07) is 11.3. The Kier molecular flexibility index (Phi) is 3.84. The maximum absolute atomic E-state index is 7.45. The topological polar surface area (TPSA) is 68.3 Å². The molecule has 1 heterocycles. The van der Waals surface area contributed by atoms with Gasteiger partial charge in [0.1, 0.15) is 23.9 Å². The van der Waals surface area contributed by atoms with Gasteiger partial charge >= 0.3 is 0 Å². The fraction of sp³-hybridized carbons (Fsp3) is 0.188. The molecule has 21 heavy (non-hydrogen) atoms. The molecule has 0 saturated heterocycles. The molecule has 0 spiro atoms. The minimum absolute atomic E-state index is 0.0344. The smallest absolute Gasteiger partial charge is 0.129 e. The molecule has 0 radical (unpaired) electrons. The summed E-state index contributed by atoms with van der Waals surface area (Å²) in [6.07, 6.45) is 0.932. The number of nitrogen functional groups attached to an aromatic ring is 1. The Bertz CT molecular complexity index is 701. The van der Waals surface area contributed by atoms with Crippen LogP contribution in [0.15, 0.2) is 40.9 Å². The van der Waals surface area contributed by atoms with E-state index in [1.54, 1.807) is 12.1 Å². The van der Waals surface area contributed by atoms with Gasteiger partial charge in [-0.1, -0.05) is 28.1 Å². The third-order valence-corrected chi connectivity index (χ3v) is 3.82. The van der Waals surface area contributed by atoms with Crippen LogP contribution in [0, 0.1) is 5.41 Å². The van der Waals surface area contributed by atoms with Gasteiger partial charge in [0, 0.05) is 22.0 Å². The number of ether oxygens (including phenoxy) is 2. The summed E-state index contributed by atoms with van der Waals surface area (Å²) in [5.41, 5.74) is 8.37. The summed E-state index contributed by atoms with van der Waals surface area (Å²) in [7, 11) is 0. The molecule has 1 aliphatic rings. The van der Waals surface area contributed by atoms with Crippen LogP contribution in [0.3, 0.4) is 0 Å². The number of hydrogen-bond acceptors (Lipinski definition) is 3. The van der Waals surface area contributed by atoms with Crippen molar-refractivity contribution in [1.82, 2.24) is 0 Å². The maximum Gasteiger partial charge on any atom is 0.129 e. The Hall–Kier alpha value is -2.01. The van der Waals surface area contributed by atoms with Crippen molar-refractivity contribution >= 4 is 21.8 Å². The molecule has 0 amide bonds. The summed E-state index contributed by atoms with van der Waals surface area (Å²) in [6.45, 7) is 1.14. The molecule has 5 heteroatoms. The maximum atomic E-state index is 7.45. The second kappa shape index (κ2) is 5.77. The predicted octanol–water partition coefficient (Wildman–Crippen LogP) is 3.25. The zero-order chi connectivity index (χ0) is 14.8. The number of amidine groups is 1. The second-order valence-electron chi connectivity index (χ2n) is 4.88. The van der Waals surface area contributed by atoms with Crippen LogP contribution in [0.4, 0.5) is 0 Å². The summed E-state index contributed by atoms with van der Waals surface area (Å²) < 4.78 is 12.5. The molecule has 0 fully saturated rings. The highest BCUT2D eigenvalue weighted by molar-refractivity contribution is 9.10. The number of nitrogens with one attached hydrogen (secondary N) is 1. The first-order valence-electron chi connectivity index (χ1n) is 6.65. The van der Waals surface area contributed by atoms with Crippen molar-refractivity contribution in [2.24, 2.45) is 5.73 Å². The molecule has 0 bridgehead atoms. The minimum Gasteiger partial charge on any atom is -0.493 e. The van der Waals surface area contributed by atoms with Gasteiger partial charge in [0.15, 0.2) is 0 Å². The molecule has 2 aromatic carbocycles. The zero-order valence-corrected chi connectivity index (χ0v) is 12.9. The van der Waals surface area contributed by atoms with Gasteiger partial charge in [-0.3, -0.25) is 5.41 Å². The van der Waals surface area contributed by atoms with Crippen LogP contribution < -0.4 is 15.2 Å². The highest BCUT2D eigenvalue weighted by atomic mass is 79.9. The first-order valence-corrected chi connectivity index (χ1v) is 7.44. The average molecular weight is 347 g/mol. The van der Waals surface area contributed by atoms with Crippen LogP contribution in [0.25, 0.3) is 0 Å². The predicted molar refractivity (Wildman–Crippen MR) is 85.1 cm³/mol. The average Bonchev–Trinajstić information content (AvgIpc) is 2.93. The molecule has 0 atom stereocenters. The third-order valence-electron chi connectivity index (χ3n) is 3.36. The molecular weight excluding hydrogens is 332 g/mol. The van der Waals surface area contributed by atoms with Crippen molar-refractivity contribution in [2.75, 3.05) is 6.61 Å². The lowest BCUT2D eigenvalue weighted by Crippen LogP contribution is -2.10. The third kappa shape index (κ3) is 3.03. The lowest BCUT2D eigenvalue weighted by atomic mass is 10.1. The molecule has 4 nitrogen and oxygen atoms in total. The molecule has 3 N–H and O–H groups in total. The van der Waals surface area contributed by atoms with Gasteiger partial charge in [-0.25, -0.2) is 0 Å². The van der Waals surface area contributed by atoms with Gasteiger partial charge in [-0.05, 0) is 29.8 Å². The summed E-state index contributed by atoms with van der Waals surface area (Å²) >= 11 is 3.52. The van der Waals surface area contributed by atoms with E-state index in [1.807, 2.05) is 18.2 Å². The van der Waals surface area contributed by atoms with Crippen molar-refractivity contribution in [3.05, 3.63) is 57.6 Å². The van der Waals surface area contributed by atoms with Crippen molar-refractivity contribution in [3.8, 4) is 11.5 Å². The van der Waals surface area contributed by atoms with Gasteiger partial charge in [-0.2, -0.15) is 0 Å². The Labute approximate surface area is 131 Å². The normalized spacial score (nSPS) is 12.6. The zero-order valence-electron chi connectivity index (χ0n) is 11.4. The molecule has 0 unspecified atom stereocenters. The fourth-order valence-corrected chi connectivity index (χ4v) is 2.92. The lowest BCUT2D eigenvalue weighted by molar-refractivity contribution is 0.292. The van der Waals surface area contributed by atoms with Crippen molar-refractivity contribution in [3.63, 3.8) is 0 Å². The summed E-state index contributed by atoms with van der Waals surface area (Å²) in [5.74, 6) is 1.66. The van der Waals surface area contributed by atoms with E-state index in [-0.39, 0.29) is 5.84 Å². The molecule has 0 aromatic heterocycles. The van der Waals surface area contributed by atoms with Gasteiger partial charge in [0.25, 0.3) is 0 Å². The summed E-state index contributed by atoms with van der Waals surface area (Å²) in [5, 5.41) is 7.45. The van der Waals surface area contributed by atoms with E-state index in [4.69, 9.17) is 20.6 Å². The van der Waals surface area contributed by atoms with Crippen LogP contribution in [-0.4, -0.2) is 12.4 Å². The van der Waals surface area contributed by atoms with Gasteiger partial charge in [-0.15, -0.1) is 0 Å². The number of benzene rings is 2. The molecule has 108 valence electrons. The van der Waals surface area contributed by atoms with Gasteiger partial charge in [0.05, 0.1) is 6.61 Å². The highest BCUT2D eigenvalue weighted by Crippen LogP contribution is 2.33. The van der Waals surface area contributed by atoms with Gasteiger partial charge in [0.2, 0.25) is 0 Å². The van der Waals surface area contributed by atoms with Crippen LogP contribution >= 0.6 is 15.9 Å². The fourth-order valence-electron chi connectivity index (χ4n) is 2.37. The van der Waals surface area contributed by atoms with E-state index in [0.29, 0.717) is 17.9 Å². The van der Waals surface area contributed by atoms with Gasteiger partial charge < -0.3 is 15.2 Å². The number of rotatable bonds is 4. The number of fused-ring (bicyclic) bond motifs is 1. The van der Waals surface area contributed by atoms with E-state index < -0.39 is 0 Å². The number of halogens is 1. The number of hydrogen-bond donors (Lipinski definition) is 2. The Balaban J connectivity index is 1.79. The SMILES string of the molecule is N=C(N)c1cccc(OCc2cc(Br)cc3c2OCC3)c1. The highest BCUT2D eigenvalue weighted by Gasteiger charge is 2.17. The quantitative estimate of drug-likeness (QED) is 0.659. The van der Waals surface area contributed by atoms with Crippen molar-refractivity contribution in [2.45, 2.75) is 13.0 Å². The van der Waals surface area contributed by atoms with E-state index in [2.05, 4.69) is 22.0 Å². The molecule has 1 aliphatic heterocycles. The minimum atomic E-state index is 0.0344. The van der Waals surface area contributed by atoms with Crippen molar-refractivity contribution < 1.29 is 9.47 Å². The summed E-state index contributed by atoms with van der Waals surface area (Å²) in [4.78, 5) is 0. The largest absolute Gasteiger partial charge is 0.493 e. The van der Waals surface area contributed by atoms with E-state index >= 15 is 0 Å². The monoisotopic (exact) mass is 346 g/mol. The van der Waals surface area contributed by atoms with Crippen molar-refractivity contribution in [1.29, 1.82) is 5.41 Å². The van der Waals surface area contributed by atoms with E-state index in [9.17, 15) is 0 Å². The Morgan fingerprint density at radius 2 is 2.19 bits per heavy atom. The second-order valence-corrected chi connectivity index (χ2v) is 5.80. The number of nitrogens with two attached hydrogens (primary N) is 1. The van der Waals surface area contributed by atoms with Crippen LogP contribution in [0.2, 0.25) is 0 Å². The molecule has 0 aliphatic carbocycles. The Morgan fingerprint density at radius 1 is 1.33 bits per heavy atom. The first kappa shape index (κ1) is 13.9. The molecule has 3 rings (SSSR count). The van der Waals surface area contributed by atoms with E-state index in [1.165, 1.54) is 5.56 Å². The van der Waals surface area contributed by atoms with E-state index in [0.717, 1.165) is 28.8 Å². The standard InChI is InChI=1S/C16H15BrN2O2/c17-13-6-10-4-5-20-15(10)12(7-13)9-21-14-3-1-2-11(8-14)16(18)19/h1-3,6-8H,4-5,9H2,(H3,18,19). The molecular formula is C16H15BrN2O2. The lowest BCUT2D eigenvalue weighted by Gasteiger charge is -2.11. The van der Waals surface area contributed by atoms with Crippen LogP contribution in [-0.2, 0) is 13.0 Å². The molecule has 2 aromatic rings. The van der Waals surface area contributed by atoms with Crippen LogP contribution in [0.1, 0.15) is 16.7 Å².